The summed E-state index contributed by atoms with van der Waals surface area (Å²) in [6, 6.07) is 0. The van der Waals surface area contributed by atoms with E-state index in [1.165, 1.54) is 0 Å². The number of hydrogen-bond acceptors (Lipinski definition) is 3. The molecule has 0 bridgehead atoms. The normalized spacial score (nSPS) is 34.3. The van der Waals surface area contributed by atoms with Crippen molar-refractivity contribution in [1.29, 1.82) is 0 Å². The molecule has 0 N–H and O–H groups in total. The van der Waals surface area contributed by atoms with Crippen LogP contribution in [0.1, 0.15) is 87.0 Å². The SMILES string of the molecule is CC.CCCC(=O)[C@@]1(C)C[C@@](C)(C=O)C[C@@](C)(C(=O)CC)C1. The van der Waals surface area contributed by atoms with Crippen LogP contribution in [0.25, 0.3) is 0 Å². The van der Waals surface area contributed by atoms with Gasteiger partial charge in [-0.2, -0.15) is 0 Å². The molecule has 22 heavy (non-hydrogen) atoms. The van der Waals surface area contributed by atoms with Crippen molar-refractivity contribution in [3.8, 4) is 0 Å². The first-order valence-corrected chi connectivity index (χ1v) is 8.68. The predicted octanol–water partition coefficient (Wildman–Crippen LogP) is 4.76. The van der Waals surface area contributed by atoms with Crippen LogP contribution in [-0.2, 0) is 14.4 Å². The molecule has 0 saturated heterocycles. The molecule has 0 aromatic rings. The number of rotatable bonds is 6. The second-order valence-corrected chi connectivity index (χ2v) is 7.37. The van der Waals surface area contributed by atoms with Crippen LogP contribution in [0, 0.1) is 16.2 Å². The van der Waals surface area contributed by atoms with E-state index in [1.54, 1.807) is 0 Å². The second kappa shape index (κ2) is 8.03. The minimum Gasteiger partial charge on any atom is -0.303 e. The summed E-state index contributed by atoms with van der Waals surface area (Å²) in [7, 11) is 0. The smallest absolute Gasteiger partial charge is 0.138 e. The number of ketones is 2. The molecule has 0 aliphatic heterocycles. The first-order valence-electron chi connectivity index (χ1n) is 8.68. The standard InChI is InChI=1S/C17H28O3.C2H6/c1-6-8-14(20)17(5)10-15(3,12-18)9-16(4,11-17)13(19)7-2;1-2/h12H,6-11H2,1-5H3;1-2H3/t15-,16+,17-;/m0./s1. The fourth-order valence-corrected chi connectivity index (χ4v) is 4.26. The van der Waals surface area contributed by atoms with Gasteiger partial charge >= 0.3 is 0 Å². The van der Waals surface area contributed by atoms with Gasteiger partial charge in [0.2, 0.25) is 0 Å². The lowest BCUT2D eigenvalue weighted by atomic mass is 9.52. The fourth-order valence-electron chi connectivity index (χ4n) is 4.26. The zero-order valence-electron chi connectivity index (χ0n) is 15.5. The maximum absolute atomic E-state index is 12.5. The molecule has 0 aromatic heterocycles. The zero-order chi connectivity index (χ0) is 17.6. The van der Waals surface area contributed by atoms with Gasteiger partial charge in [-0.1, -0.05) is 48.5 Å². The molecule has 3 nitrogen and oxygen atoms in total. The molecule has 0 heterocycles. The van der Waals surface area contributed by atoms with Crippen LogP contribution < -0.4 is 0 Å². The summed E-state index contributed by atoms with van der Waals surface area (Å²) in [6.45, 7) is 13.6. The Kier molecular flexibility index (Phi) is 7.67. The molecule has 0 unspecified atom stereocenters. The van der Waals surface area contributed by atoms with Gasteiger partial charge in [0.15, 0.2) is 0 Å². The highest BCUT2D eigenvalue weighted by Crippen LogP contribution is 2.55. The minimum absolute atomic E-state index is 0.167. The van der Waals surface area contributed by atoms with Crippen LogP contribution in [0.2, 0.25) is 0 Å². The Bertz CT molecular complexity index is 415. The minimum atomic E-state index is -0.573. The highest BCUT2D eigenvalue weighted by Gasteiger charge is 2.53. The van der Waals surface area contributed by atoms with Crippen molar-refractivity contribution in [2.75, 3.05) is 0 Å². The molecule has 0 spiro atoms. The predicted molar refractivity (Wildman–Crippen MR) is 90.8 cm³/mol. The molecule has 1 aliphatic carbocycles. The van der Waals surface area contributed by atoms with E-state index < -0.39 is 16.2 Å². The van der Waals surface area contributed by atoms with Crippen molar-refractivity contribution in [3.05, 3.63) is 0 Å². The summed E-state index contributed by atoms with van der Waals surface area (Å²) in [5.41, 5.74) is -1.68. The van der Waals surface area contributed by atoms with Crippen LogP contribution in [0.4, 0.5) is 0 Å². The highest BCUT2D eigenvalue weighted by molar-refractivity contribution is 5.89. The maximum atomic E-state index is 12.5. The third kappa shape index (κ3) is 4.50. The Labute approximate surface area is 136 Å². The van der Waals surface area contributed by atoms with E-state index in [0.717, 1.165) is 12.7 Å². The van der Waals surface area contributed by atoms with Crippen molar-refractivity contribution >= 4 is 17.9 Å². The number of carbonyl (C=O) groups is 3. The molecule has 3 heteroatoms. The van der Waals surface area contributed by atoms with Gasteiger partial charge in [-0.25, -0.2) is 0 Å². The molecular weight excluding hydrogens is 276 g/mol. The zero-order valence-corrected chi connectivity index (χ0v) is 15.5. The molecule has 1 saturated carbocycles. The van der Waals surface area contributed by atoms with Crippen molar-refractivity contribution in [2.45, 2.75) is 87.0 Å². The Hall–Kier alpha value is -0.990. The fraction of sp³-hybridized carbons (Fsp3) is 0.842. The van der Waals surface area contributed by atoms with Crippen LogP contribution in [0.15, 0.2) is 0 Å². The van der Waals surface area contributed by atoms with E-state index in [9.17, 15) is 14.4 Å². The van der Waals surface area contributed by atoms with Gasteiger partial charge in [0.05, 0.1) is 0 Å². The highest BCUT2D eigenvalue weighted by atomic mass is 16.1. The molecule has 0 aromatic carbocycles. The van der Waals surface area contributed by atoms with E-state index in [4.69, 9.17) is 0 Å². The summed E-state index contributed by atoms with van der Waals surface area (Å²) in [6.07, 6.45) is 4.45. The van der Waals surface area contributed by atoms with Crippen molar-refractivity contribution in [2.24, 2.45) is 16.2 Å². The van der Waals surface area contributed by atoms with Gasteiger partial charge in [-0.05, 0) is 25.7 Å². The van der Waals surface area contributed by atoms with Crippen molar-refractivity contribution < 1.29 is 14.4 Å². The summed E-state index contributed by atoms with van der Waals surface area (Å²) in [4.78, 5) is 36.4. The third-order valence-electron chi connectivity index (χ3n) is 4.80. The number of Topliss-reactive ketones (excluding diaryl/α,β-unsaturated/α-hetero) is 2. The van der Waals surface area contributed by atoms with Crippen molar-refractivity contribution in [1.82, 2.24) is 0 Å². The topological polar surface area (TPSA) is 51.2 Å². The Morgan fingerprint density at radius 1 is 0.909 bits per heavy atom. The summed E-state index contributed by atoms with van der Waals surface area (Å²) >= 11 is 0. The molecule has 3 atom stereocenters. The van der Waals surface area contributed by atoms with Gasteiger partial charge in [0, 0.05) is 29.1 Å². The van der Waals surface area contributed by atoms with E-state index >= 15 is 0 Å². The van der Waals surface area contributed by atoms with E-state index in [0.29, 0.717) is 32.1 Å². The number of aldehydes is 1. The lowest BCUT2D eigenvalue weighted by Gasteiger charge is -2.49. The monoisotopic (exact) mass is 310 g/mol. The van der Waals surface area contributed by atoms with Crippen molar-refractivity contribution in [3.63, 3.8) is 0 Å². The van der Waals surface area contributed by atoms with E-state index in [2.05, 4.69) is 0 Å². The molecular formula is C19H34O3. The first-order chi connectivity index (χ1) is 10.1. The van der Waals surface area contributed by atoms with E-state index in [1.807, 2.05) is 48.5 Å². The van der Waals surface area contributed by atoms with Crippen LogP contribution in [0.5, 0.6) is 0 Å². The average molecular weight is 310 g/mol. The summed E-state index contributed by atoms with van der Waals surface area (Å²) in [5.74, 6) is 0.365. The first kappa shape index (κ1) is 21.0. The lowest BCUT2D eigenvalue weighted by Crippen LogP contribution is -2.49. The van der Waals surface area contributed by atoms with Crippen LogP contribution in [-0.4, -0.2) is 17.9 Å². The largest absolute Gasteiger partial charge is 0.303 e. The average Bonchev–Trinajstić information content (AvgIpc) is 2.47. The Morgan fingerprint density at radius 2 is 1.36 bits per heavy atom. The lowest BCUT2D eigenvalue weighted by molar-refractivity contribution is -0.147. The van der Waals surface area contributed by atoms with Crippen LogP contribution in [0.3, 0.4) is 0 Å². The van der Waals surface area contributed by atoms with E-state index in [-0.39, 0.29) is 11.6 Å². The molecule has 1 rings (SSSR count). The van der Waals surface area contributed by atoms with Gasteiger partial charge in [-0.15, -0.1) is 0 Å². The van der Waals surface area contributed by atoms with Gasteiger partial charge in [-0.3, -0.25) is 9.59 Å². The second-order valence-electron chi connectivity index (χ2n) is 7.37. The maximum Gasteiger partial charge on any atom is 0.138 e. The summed E-state index contributed by atoms with van der Waals surface area (Å²) in [5, 5.41) is 0. The molecule has 0 radical (unpaired) electrons. The Balaban J connectivity index is 0.00000211. The number of carbonyl (C=O) groups excluding carboxylic acids is 3. The quantitative estimate of drug-likeness (QED) is 0.664. The van der Waals surface area contributed by atoms with Gasteiger partial charge in [0.25, 0.3) is 0 Å². The van der Waals surface area contributed by atoms with Crippen LogP contribution >= 0.6 is 0 Å². The molecule has 0 amide bonds. The Morgan fingerprint density at radius 3 is 1.73 bits per heavy atom. The van der Waals surface area contributed by atoms with Gasteiger partial charge < -0.3 is 4.79 Å². The third-order valence-corrected chi connectivity index (χ3v) is 4.80. The molecule has 1 fully saturated rings. The summed E-state index contributed by atoms with van der Waals surface area (Å²) < 4.78 is 0. The molecule has 1 aliphatic rings. The molecule has 128 valence electrons. The van der Waals surface area contributed by atoms with Gasteiger partial charge in [0.1, 0.15) is 17.9 Å². The number of hydrogen-bond donors (Lipinski definition) is 0.